The van der Waals surface area contributed by atoms with Crippen LogP contribution in [0.2, 0.25) is 0 Å². The monoisotopic (exact) mass is 333 g/mol. The van der Waals surface area contributed by atoms with E-state index in [0.29, 0.717) is 5.88 Å². The highest BCUT2D eigenvalue weighted by atomic mass is 32.2. The number of aliphatic imine (C=N–C) groups is 1. The molecule has 5 heteroatoms. The smallest absolute Gasteiger partial charge is 0.284 e. The lowest BCUT2D eigenvalue weighted by molar-refractivity contribution is 0.220. The number of carbonyl (C=O) groups excluding carboxylic acids is 1. The average Bonchev–Trinajstić information content (AvgIpc) is 2.45. The first-order valence-corrected chi connectivity index (χ1v) is 9.14. The van der Waals surface area contributed by atoms with Crippen molar-refractivity contribution < 1.29 is 4.79 Å². The van der Waals surface area contributed by atoms with Crippen molar-refractivity contribution in [3.63, 3.8) is 0 Å². The van der Waals surface area contributed by atoms with E-state index in [2.05, 4.69) is 39.8 Å². The molecule has 0 radical (unpaired) electrons. The molecule has 126 valence electrons. The molecule has 1 aromatic carbocycles. The van der Waals surface area contributed by atoms with E-state index in [1.54, 1.807) is 16.7 Å². The molecule has 0 unspecified atom stereocenters. The van der Waals surface area contributed by atoms with Crippen LogP contribution in [-0.2, 0) is 6.42 Å². The van der Waals surface area contributed by atoms with Crippen LogP contribution in [0.5, 0.6) is 0 Å². The third-order valence-corrected chi connectivity index (χ3v) is 4.50. The van der Waals surface area contributed by atoms with E-state index in [0.717, 1.165) is 17.3 Å². The van der Waals surface area contributed by atoms with Gasteiger partial charge in [-0.05, 0) is 58.7 Å². The molecule has 0 saturated carbocycles. The number of aryl methyl sites for hydroxylation is 1. The van der Waals surface area contributed by atoms with Gasteiger partial charge in [0.15, 0.2) is 5.17 Å². The predicted octanol–water partition coefficient (Wildman–Crippen LogP) is 4.74. The number of thioether (sulfide) groups is 1. The summed E-state index contributed by atoms with van der Waals surface area (Å²) < 4.78 is 0. The third kappa shape index (κ3) is 4.28. The lowest BCUT2D eigenvalue weighted by Crippen LogP contribution is -2.53. The Hall–Kier alpha value is -1.49. The summed E-state index contributed by atoms with van der Waals surface area (Å²) in [5.41, 5.74) is 2.03. The second-order valence-corrected chi connectivity index (χ2v) is 7.95. The minimum absolute atomic E-state index is 0.00555. The van der Waals surface area contributed by atoms with Crippen molar-refractivity contribution in [1.29, 1.82) is 0 Å². The molecular formula is C18H27N3OS. The van der Waals surface area contributed by atoms with Crippen LogP contribution in [0.1, 0.15) is 47.1 Å². The van der Waals surface area contributed by atoms with Crippen molar-refractivity contribution in [2.75, 3.05) is 10.8 Å². The number of hydrogen-bond acceptors (Lipinski definition) is 3. The van der Waals surface area contributed by atoms with Gasteiger partial charge >= 0.3 is 6.03 Å². The fourth-order valence-electron chi connectivity index (χ4n) is 2.37. The number of amides is 2. The molecule has 2 amide bonds. The lowest BCUT2D eigenvalue weighted by Gasteiger charge is -2.38. The summed E-state index contributed by atoms with van der Waals surface area (Å²) in [5, 5.41) is 0.818. The molecule has 0 aromatic heterocycles. The van der Waals surface area contributed by atoms with Crippen molar-refractivity contribution in [3.05, 3.63) is 29.8 Å². The summed E-state index contributed by atoms with van der Waals surface area (Å²) in [7, 11) is 0. The Morgan fingerprint density at radius 1 is 1.22 bits per heavy atom. The number of amidine groups is 1. The van der Waals surface area contributed by atoms with E-state index >= 15 is 0 Å². The first-order valence-electron chi connectivity index (χ1n) is 8.15. The fourth-order valence-corrected chi connectivity index (χ4v) is 3.64. The van der Waals surface area contributed by atoms with Crippen molar-refractivity contribution >= 4 is 28.6 Å². The first-order chi connectivity index (χ1) is 10.7. The molecule has 1 saturated heterocycles. The van der Waals surface area contributed by atoms with Crippen LogP contribution in [0.4, 0.5) is 10.5 Å². The van der Waals surface area contributed by atoms with Crippen LogP contribution in [0, 0.1) is 0 Å². The SMILES string of the molecule is CCc1ccc(N2CSC(=NC(C)(C)C)N(C(C)C)C2=O)cc1. The maximum atomic E-state index is 13.0. The normalized spacial score (nSPS) is 18.2. The molecule has 1 aromatic rings. The molecular weight excluding hydrogens is 306 g/mol. The van der Waals surface area contributed by atoms with Crippen LogP contribution in [0.3, 0.4) is 0 Å². The highest BCUT2D eigenvalue weighted by Crippen LogP contribution is 2.29. The Kier molecular flexibility index (Phi) is 5.40. The van der Waals surface area contributed by atoms with Gasteiger partial charge in [-0.25, -0.2) is 4.79 Å². The number of urea groups is 1. The minimum atomic E-state index is -0.194. The molecule has 23 heavy (non-hydrogen) atoms. The number of carbonyl (C=O) groups is 1. The highest BCUT2D eigenvalue weighted by Gasteiger charge is 2.34. The van der Waals surface area contributed by atoms with Crippen molar-refractivity contribution in [1.82, 2.24) is 4.90 Å². The Balaban J connectivity index is 2.30. The summed E-state index contributed by atoms with van der Waals surface area (Å²) in [6.07, 6.45) is 1.00. The van der Waals surface area contributed by atoms with Crippen LogP contribution in [0.15, 0.2) is 29.3 Å². The molecule has 0 spiro atoms. The predicted molar refractivity (Wildman–Crippen MR) is 100 cm³/mol. The topological polar surface area (TPSA) is 35.9 Å². The minimum Gasteiger partial charge on any atom is -0.284 e. The average molecular weight is 334 g/mol. The largest absolute Gasteiger partial charge is 0.331 e. The molecule has 1 aliphatic rings. The molecule has 0 N–H and O–H groups in total. The molecule has 1 aliphatic heterocycles. The molecule has 0 aliphatic carbocycles. The summed E-state index contributed by atoms with van der Waals surface area (Å²) in [6, 6.07) is 8.32. The number of nitrogens with zero attached hydrogens (tertiary/aromatic N) is 3. The summed E-state index contributed by atoms with van der Waals surface area (Å²) >= 11 is 1.62. The van der Waals surface area contributed by atoms with Gasteiger partial charge in [-0.2, -0.15) is 0 Å². The van der Waals surface area contributed by atoms with E-state index in [1.165, 1.54) is 5.56 Å². The number of anilines is 1. The Morgan fingerprint density at radius 2 is 1.83 bits per heavy atom. The van der Waals surface area contributed by atoms with Gasteiger partial charge in [-0.3, -0.25) is 14.8 Å². The Morgan fingerprint density at radius 3 is 2.30 bits per heavy atom. The number of benzene rings is 1. The molecule has 4 nitrogen and oxygen atoms in total. The maximum absolute atomic E-state index is 13.0. The van der Waals surface area contributed by atoms with E-state index in [4.69, 9.17) is 4.99 Å². The van der Waals surface area contributed by atoms with Gasteiger partial charge in [-0.15, -0.1) is 0 Å². The molecule has 1 fully saturated rings. The van der Waals surface area contributed by atoms with Gasteiger partial charge < -0.3 is 0 Å². The molecule has 0 atom stereocenters. The van der Waals surface area contributed by atoms with Gasteiger partial charge in [0.1, 0.15) is 0 Å². The Labute approximate surface area is 144 Å². The van der Waals surface area contributed by atoms with E-state index in [9.17, 15) is 4.79 Å². The van der Waals surface area contributed by atoms with Crippen molar-refractivity contribution in [2.45, 2.75) is 59.5 Å². The first kappa shape index (κ1) is 17.9. The standard InChI is InChI=1S/C18H27N3OS/c1-7-14-8-10-15(11-9-14)20-12-23-16(19-18(4,5)6)21(13(2)3)17(20)22/h8-11,13H,7,12H2,1-6H3. The second-order valence-electron chi connectivity index (χ2n) is 7.03. The van der Waals surface area contributed by atoms with Crippen LogP contribution in [-0.4, -0.2) is 33.6 Å². The van der Waals surface area contributed by atoms with Gasteiger partial charge in [0.2, 0.25) is 0 Å². The number of hydrogen-bond donors (Lipinski definition) is 0. The van der Waals surface area contributed by atoms with Crippen LogP contribution < -0.4 is 4.90 Å². The van der Waals surface area contributed by atoms with Gasteiger partial charge in [0.05, 0.1) is 11.4 Å². The zero-order valence-corrected chi connectivity index (χ0v) is 15.8. The van der Waals surface area contributed by atoms with Gasteiger partial charge in [-0.1, -0.05) is 30.8 Å². The fraction of sp³-hybridized carbons (Fsp3) is 0.556. The maximum Gasteiger partial charge on any atom is 0.331 e. The summed E-state index contributed by atoms with van der Waals surface area (Å²) in [4.78, 5) is 21.3. The zero-order chi connectivity index (χ0) is 17.2. The lowest BCUT2D eigenvalue weighted by atomic mass is 10.1. The summed E-state index contributed by atoms with van der Waals surface area (Å²) in [5.74, 6) is 0.600. The zero-order valence-electron chi connectivity index (χ0n) is 15.0. The van der Waals surface area contributed by atoms with Crippen molar-refractivity contribution in [3.8, 4) is 0 Å². The van der Waals surface area contributed by atoms with E-state index in [-0.39, 0.29) is 17.6 Å². The van der Waals surface area contributed by atoms with Gasteiger partial charge in [0.25, 0.3) is 0 Å². The molecule has 2 rings (SSSR count). The van der Waals surface area contributed by atoms with Crippen molar-refractivity contribution in [2.24, 2.45) is 4.99 Å². The third-order valence-electron chi connectivity index (χ3n) is 3.57. The van der Waals surface area contributed by atoms with Gasteiger partial charge in [0, 0.05) is 11.7 Å². The van der Waals surface area contributed by atoms with E-state index in [1.807, 2.05) is 30.9 Å². The molecule has 0 bridgehead atoms. The molecule has 1 heterocycles. The van der Waals surface area contributed by atoms with Crippen LogP contribution in [0.25, 0.3) is 0 Å². The quantitative estimate of drug-likeness (QED) is 0.800. The highest BCUT2D eigenvalue weighted by molar-refractivity contribution is 8.14. The van der Waals surface area contributed by atoms with Crippen LogP contribution >= 0.6 is 11.8 Å². The summed E-state index contributed by atoms with van der Waals surface area (Å²) in [6.45, 7) is 12.4. The van der Waals surface area contributed by atoms with E-state index < -0.39 is 0 Å². The second kappa shape index (κ2) is 6.95. The number of rotatable bonds is 3. The Bertz CT molecular complexity index is 587.